The van der Waals surface area contributed by atoms with Crippen molar-refractivity contribution < 1.29 is 9.53 Å². The normalized spacial score (nSPS) is 10.8. The highest BCUT2D eigenvalue weighted by atomic mass is 35.5. The SMILES string of the molecule is CCOc1ccc(NC(=O)c2nc(-c3ccc(Cl)cc3)n(-c3ccc(C)c(C)c3)n2)cc1. The molecule has 0 bridgehead atoms. The quantitative estimate of drug-likeness (QED) is 0.403. The number of anilines is 1. The van der Waals surface area contributed by atoms with Crippen molar-refractivity contribution >= 4 is 23.2 Å². The zero-order chi connectivity index (χ0) is 22.7. The summed E-state index contributed by atoms with van der Waals surface area (Å²) in [6, 6.07) is 20.5. The average molecular weight is 447 g/mol. The van der Waals surface area contributed by atoms with Gasteiger partial charge in [0.05, 0.1) is 12.3 Å². The number of ether oxygens (including phenoxy) is 1. The van der Waals surface area contributed by atoms with Crippen LogP contribution in [0.2, 0.25) is 5.02 Å². The smallest absolute Gasteiger partial charge is 0.295 e. The van der Waals surface area contributed by atoms with Gasteiger partial charge >= 0.3 is 0 Å². The van der Waals surface area contributed by atoms with Crippen LogP contribution in [-0.4, -0.2) is 27.3 Å². The number of nitrogens with one attached hydrogen (secondary N) is 1. The van der Waals surface area contributed by atoms with Gasteiger partial charge in [0, 0.05) is 16.3 Å². The Kier molecular flexibility index (Phi) is 6.23. The van der Waals surface area contributed by atoms with Crippen molar-refractivity contribution in [2.45, 2.75) is 20.8 Å². The molecular weight excluding hydrogens is 424 g/mol. The maximum atomic E-state index is 12.9. The summed E-state index contributed by atoms with van der Waals surface area (Å²) in [5, 5.41) is 8.00. The number of benzene rings is 3. The predicted molar refractivity (Wildman–Crippen MR) is 127 cm³/mol. The third-order valence-corrected chi connectivity index (χ3v) is 5.32. The zero-order valence-corrected chi connectivity index (χ0v) is 18.8. The molecule has 32 heavy (non-hydrogen) atoms. The summed E-state index contributed by atoms with van der Waals surface area (Å²) in [5.74, 6) is 0.975. The van der Waals surface area contributed by atoms with Crippen molar-refractivity contribution in [2.24, 2.45) is 0 Å². The highest BCUT2D eigenvalue weighted by Gasteiger charge is 2.19. The highest BCUT2D eigenvalue weighted by molar-refractivity contribution is 6.30. The van der Waals surface area contributed by atoms with E-state index in [4.69, 9.17) is 16.3 Å². The lowest BCUT2D eigenvalue weighted by atomic mass is 10.1. The van der Waals surface area contributed by atoms with Gasteiger partial charge in [0.15, 0.2) is 5.82 Å². The molecule has 0 saturated carbocycles. The number of rotatable bonds is 6. The number of halogens is 1. The molecule has 0 aliphatic rings. The second kappa shape index (κ2) is 9.24. The van der Waals surface area contributed by atoms with Crippen LogP contribution in [0.4, 0.5) is 5.69 Å². The Labute approximate surface area is 191 Å². The van der Waals surface area contributed by atoms with Crippen LogP contribution in [0.3, 0.4) is 0 Å². The summed E-state index contributed by atoms with van der Waals surface area (Å²) in [6.45, 7) is 6.60. The number of aromatic nitrogens is 3. The molecule has 0 radical (unpaired) electrons. The van der Waals surface area contributed by atoms with Crippen LogP contribution in [0.25, 0.3) is 17.1 Å². The van der Waals surface area contributed by atoms with Gasteiger partial charge in [-0.25, -0.2) is 9.67 Å². The van der Waals surface area contributed by atoms with Crippen molar-refractivity contribution in [3.63, 3.8) is 0 Å². The molecular formula is C25H23ClN4O2. The summed E-state index contributed by atoms with van der Waals surface area (Å²) in [6.07, 6.45) is 0. The molecule has 162 valence electrons. The van der Waals surface area contributed by atoms with E-state index >= 15 is 0 Å². The standard InChI is InChI=1S/C25H23ClN4O2/c1-4-32-22-13-10-20(11-14-22)27-25(31)23-28-24(18-6-8-19(26)9-7-18)30(29-23)21-12-5-16(2)17(3)15-21/h5-15H,4H2,1-3H3,(H,27,31). The van der Waals surface area contributed by atoms with E-state index in [1.807, 2.05) is 44.2 Å². The van der Waals surface area contributed by atoms with Gasteiger partial charge in [-0.1, -0.05) is 17.7 Å². The topological polar surface area (TPSA) is 69.0 Å². The van der Waals surface area contributed by atoms with Crippen LogP contribution < -0.4 is 10.1 Å². The van der Waals surface area contributed by atoms with Gasteiger partial charge in [0.2, 0.25) is 5.82 Å². The molecule has 0 spiro atoms. The Morgan fingerprint density at radius 2 is 1.72 bits per heavy atom. The minimum atomic E-state index is -0.396. The van der Waals surface area contributed by atoms with E-state index in [-0.39, 0.29) is 5.82 Å². The summed E-state index contributed by atoms with van der Waals surface area (Å²) in [7, 11) is 0. The molecule has 0 saturated heterocycles. The van der Waals surface area contributed by atoms with E-state index < -0.39 is 5.91 Å². The third kappa shape index (κ3) is 4.65. The Morgan fingerprint density at radius 3 is 2.38 bits per heavy atom. The van der Waals surface area contributed by atoms with Gasteiger partial charge < -0.3 is 10.1 Å². The largest absolute Gasteiger partial charge is 0.494 e. The fraction of sp³-hybridized carbons (Fsp3) is 0.160. The second-order valence-electron chi connectivity index (χ2n) is 7.36. The molecule has 4 aromatic rings. The first kappa shape index (κ1) is 21.6. The first-order valence-electron chi connectivity index (χ1n) is 10.3. The van der Waals surface area contributed by atoms with Gasteiger partial charge in [-0.3, -0.25) is 4.79 Å². The van der Waals surface area contributed by atoms with Gasteiger partial charge in [-0.15, -0.1) is 5.10 Å². The van der Waals surface area contributed by atoms with E-state index in [0.717, 1.165) is 22.6 Å². The fourth-order valence-corrected chi connectivity index (χ4v) is 3.35. The molecule has 7 heteroatoms. The molecule has 0 aliphatic heterocycles. The summed E-state index contributed by atoms with van der Waals surface area (Å²) in [5.41, 5.74) is 4.57. The molecule has 1 aromatic heterocycles. The van der Waals surface area contributed by atoms with E-state index in [0.29, 0.717) is 23.1 Å². The first-order valence-corrected chi connectivity index (χ1v) is 10.7. The first-order chi connectivity index (χ1) is 15.4. The second-order valence-corrected chi connectivity index (χ2v) is 7.79. The molecule has 1 N–H and O–H groups in total. The van der Waals surface area contributed by atoms with Crippen LogP contribution in [0.5, 0.6) is 5.75 Å². The van der Waals surface area contributed by atoms with Gasteiger partial charge in [-0.05, 0) is 92.6 Å². The number of carbonyl (C=O) groups excluding carboxylic acids is 1. The highest BCUT2D eigenvalue weighted by Crippen LogP contribution is 2.25. The Morgan fingerprint density at radius 1 is 1.00 bits per heavy atom. The van der Waals surface area contributed by atoms with Crippen LogP contribution in [-0.2, 0) is 0 Å². The summed E-state index contributed by atoms with van der Waals surface area (Å²) in [4.78, 5) is 17.5. The lowest BCUT2D eigenvalue weighted by molar-refractivity contribution is 0.101. The fourth-order valence-electron chi connectivity index (χ4n) is 3.22. The molecule has 3 aromatic carbocycles. The molecule has 6 nitrogen and oxygen atoms in total. The summed E-state index contributed by atoms with van der Waals surface area (Å²) < 4.78 is 7.13. The minimum Gasteiger partial charge on any atom is -0.494 e. The molecule has 0 atom stereocenters. The van der Waals surface area contributed by atoms with Crippen LogP contribution in [0.15, 0.2) is 66.7 Å². The van der Waals surface area contributed by atoms with Crippen molar-refractivity contribution in [3.05, 3.63) is 88.7 Å². The molecule has 0 aliphatic carbocycles. The summed E-state index contributed by atoms with van der Waals surface area (Å²) >= 11 is 6.06. The third-order valence-electron chi connectivity index (χ3n) is 5.07. The number of hydrogen-bond donors (Lipinski definition) is 1. The van der Waals surface area contributed by atoms with Crippen molar-refractivity contribution in [3.8, 4) is 22.8 Å². The molecule has 1 amide bonds. The van der Waals surface area contributed by atoms with E-state index in [9.17, 15) is 4.79 Å². The maximum absolute atomic E-state index is 12.9. The monoisotopic (exact) mass is 446 g/mol. The van der Waals surface area contributed by atoms with E-state index in [1.54, 1.807) is 41.1 Å². The number of amides is 1. The Bertz CT molecular complexity index is 1250. The number of aryl methyl sites for hydroxylation is 2. The van der Waals surface area contributed by atoms with Gasteiger partial charge in [0.25, 0.3) is 5.91 Å². The minimum absolute atomic E-state index is 0.0714. The Balaban J connectivity index is 1.70. The van der Waals surface area contributed by atoms with Crippen molar-refractivity contribution in [1.82, 2.24) is 14.8 Å². The lowest BCUT2D eigenvalue weighted by Crippen LogP contribution is -2.14. The van der Waals surface area contributed by atoms with Crippen LogP contribution in [0, 0.1) is 13.8 Å². The molecule has 0 unspecified atom stereocenters. The zero-order valence-electron chi connectivity index (χ0n) is 18.1. The van der Waals surface area contributed by atoms with Gasteiger partial charge in [0.1, 0.15) is 5.75 Å². The predicted octanol–water partition coefficient (Wildman–Crippen LogP) is 5.86. The number of carbonyl (C=O) groups is 1. The molecule has 0 fully saturated rings. The van der Waals surface area contributed by atoms with E-state index in [2.05, 4.69) is 22.3 Å². The van der Waals surface area contributed by atoms with Crippen LogP contribution >= 0.6 is 11.6 Å². The van der Waals surface area contributed by atoms with Gasteiger partial charge in [-0.2, -0.15) is 0 Å². The molecule has 1 heterocycles. The number of hydrogen-bond acceptors (Lipinski definition) is 4. The average Bonchev–Trinajstić information content (AvgIpc) is 3.23. The Hall–Kier alpha value is -3.64. The lowest BCUT2D eigenvalue weighted by Gasteiger charge is -2.08. The van der Waals surface area contributed by atoms with E-state index in [1.165, 1.54) is 5.56 Å². The molecule has 4 rings (SSSR count). The van der Waals surface area contributed by atoms with Crippen LogP contribution in [0.1, 0.15) is 28.7 Å². The maximum Gasteiger partial charge on any atom is 0.295 e. The number of nitrogens with zero attached hydrogens (tertiary/aromatic N) is 3. The van der Waals surface area contributed by atoms with Crippen molar-refractivity contribution in [2.75, 3.05) is 11.9 Å². The van der Waals surface area contributed by atoms with Crippen molar-refractivity contribution in [1.29, 1.82) is 0 Å².